The fraction of sp³-hybridized carbons (Fsp3) is 0.0500. The number of aromatic nitrogens is 2. The summed E-state index contributed by atoms with van der Waals surface area (Å²) in [4.78, 5) is 38.5. The van der Waals surface area contributed by atoms with E-state index < -0.39 is 64.2 Å². The van der Waals surface area contributed by atoms with E-state index in [0.29, 0.717) is 15.9 Å². The Morgan fingerprint density at radius 1 is 1.03 bits per heavy atom. The van der Waals surface area contributed by atoms with Gasteiger partial charge in [0, 0.05) is 17.5 Å². The lowest BCUT2D eigenvalue weighted by Crippen LogP contribution is -2.34. The second-order valence-electron chi connectivity index (χ2n) is 6.58. The number of fused-ring (bicyclic) bond motifs is 1. The summed E-state index contributed by atoms with van der Waals surface area (Å²) in [6.45, 7) is -1.00. The third-order valence-corrected chi connectivity index (χ3v) is 5.56. The number of nitrogens with zero attached hydrogens (tertiary/aromatic N) is 1. The molecule has 0 aliphatic rings. The first kappa shape index (κ1) is 22.2. The van der Waals surface area contributed by atoms with E-state index >= 15 is 0 Å². The highest BCUT2D eigenvalue weighted by Gasteiger charge is 2.22. The molecule has 0 saturated heterocycles. The summed E-state index contributed by atoms with van der Waals surface area (Å²) >= 11 is 0.682. The van der Waals surface area contributed by atoms with Crippen molar-refractivity contribution in [2.75, 3.05) is 0 Å². The molecule has 4 rings (SSSR count). The summed E-state index contributed by atoms with van der Waals surface area (Å²) in [5.41, 5.74) is -4.01. The minimum atomic E-state index is -1.69. The molecule has 0 spiro atoms. The van der Waals surface area contributed by atoms with Crippen LogP contribution in [0.1, 0.15) is 15.2 Å². The molecule has 0 aliphatic carbocycles. The van der Waals surface area contributed by atoms with Crippen LogP contribution in [0.2, 0.25) is 0 Å². The van der Waals surface area contributed by atoms with Gasteiger partial charge in [0.25, 0.3) is 5.56 Å². The lowest BCUT2D eigenvalue weighted by atomic mass is 10.2. The van der Waals surface area contributed by atoms with Crippen LogP contribution in [0.25, 0.3) is 16.6 Å². The van der Waals surface area contributed by atoms with E-state index in [4.69, 9.17) is 4.74 Å². The van der Waals surface area contributed by atoms with Gasteiger partial charge in [0.05, 0.1) is 22.2 Å². The zero-order chi connectivity index (χ0) is 24.0. The molecule has 0 saturated carbocycles. The number of halogens is 5. The SMILES string of the molecule is O=C(O)c1scc2[nH]c(=O)n(-c3cc(OCc4c(F)c(F)cc(F)c4F)ccc3F)c(=O)c12. The van der Waals surface area contributed by atoms with Gasteiger partial charge in [-0.1, -0.05) is 0 Å². The van der Waals surface area contributed by atoms with Crippen molar-refractivity contribution in [3.8, 4) is 11.4 Å². The topological polar surface area (TPSA) is 101 Å². The molecule has 2 aromatic heterocycles. The molecule has 13 heteroatoms. The molecule has 4 aromatic rings. The number of ether oxygens (including phenoxy) is 1. The van der Waals surface area contributed by atoms with Crippen molar-refractivity contribution in [2.45, 2.75) is 6.61 Å². The summed E-state index contributed by atoms with van der Waals surface area (Å²) in [7, 11) is 0. The molecule has 170 valence electrons. The molecule has 0 atom stereocenters. The predicted molar refractivity (Wildman–Crippen MR) is 106 cm³/mol. The number of carbonyl (C=O) groups is 1. The lowest BCUT2D eigenvalue weighted by molar-refractivity contribution is 0.0704. The maximum Gasteiger partial charge on any atom is 0.346 e. The van der Waals surface area contributed by atoms with Gasteiger partial charge < -0.3 is 14.8 Å². The Labute approximate surface area is 182 Å². The second-order valence-corrected chi connectivity index (χ2v) is 7.46. The summed E-state index contributed by atoms with van der Waals surface area (Å²) in [5.74, 6) is -9.51. The molecule has 2 aromatic carbocycles. The van der Waals surface area contributed by atoms with Crippen LogP contribution in [0.3, 0.4) is 0 Å². The molecule has 0 fully saturated rings. The average molecular weight is 484 g/mol. The Hall–Kier alpha value is -4.00. The Morgan fingerprint density at radius 2 is 1.70 bits per heavy atom. The molecule has 0 amide bonds. The fourth-order valence-corrected chi connectivity index (χ4v) is 3.90. The summed E-state index contributed by atoms with van der Waals surface area (Å²) in [6, 6.07) is 2.60. The monoisotopic (exact) mass is 484 g/mol. The Kier molecular flexibility index (Phi) is 5.49. The van der Waals surface area contributed by atoms with Crippen LogP contribution >= 0.6 is 11.3 Å². The fourth-order valence-electron chi connectivity index (χ4n) is 3.07. The van der Waals surface area contributed by atoms with Crippen molar-refractivity contribution < 1.29 is 36.6 Å². The summed E-state index contributed by atoms with van der Waals surface area (Å²) < 4.78 is 74.3. The number of thiophene rings is 1. The van der Waals surface area contributed by atoms with Gasteiger partial charge in [-0.3, -0.25) is 4.79 Å². The molecule has 0 bridgehead atoms. The van der Waals surface area contributed by atoms with Gasteiger partial charge in [-0.25, -0.2) is 36.1 Å². The Bertz CT molecular complexity index is 1530. The van der Waals surface area contributed by atoms with Gasteiger partial charge in [-0.05, 0) is 12.1 Å². The van der Waals surface area contributed by atoms with Gasteiger partial charge in [0.15, 0.2) is 23.3 Å². The lowest BCUT2D eigenvalue weighted by Gasteiger charge is -2.12. The molecule has 2 N–H and O–H groups in total. The molecule has 7 nitrogen and oxygen atoms in total. The minimum absolute atomic E-state index is 0.0226. The number of rotatable bonds is 5. The van der Waals surface area contributed by atoms with E-state index in [1.807, 2.05) is 0 Å². The van der Waals surface area contributed by atoms with Gasteiger partial charge >= 0.3 is 11.7 Å². The van der Waals surface area contributed by atoms with E-state index in [0.717, 1.165) is 18.2 Å². The Morgan fingerprint density at radius 3 is 2.33 bits per heavy atom. The highest BCUT2D eigenvalue weighted by atomic mass is 32.1. The number of benzene rings is 2. The minimum Gasteiger partial charge on any atom is -0.489 e. The van der Waals surface area contributed by atoms with Crippen LogP contribution in [-0.2, 0) is 6.61 Å². The second kappa shape index (κ2) is 8.16. The standard InChI is InChI=1S/C20H9F5N2O5S/c21-9-2-1-7(32-5-8-15(24)10(22)4-11(23)16(8)25)3-13(9)27-18(28)14-12(26-20(27)31)6-33-17(14)19(29)30/h1-4,6H,5H2,(H,26,31)(H,29,30). The third kappa shape index (κ3) is 3.75. The molecule has 2 heterocycles. The zero-order valence-electron chi connectivity index (χ0n) is 15.9. The third-order valence-electron chi connectivity index (χ3n) is 4.59. The summed E-state index contributed by atoms with van der Waals surface area (Å²) in [5, 5.41) is 10.1. The largest absolute Gasteiger partial charge is 0.489 e. The summed E-state index contributed by atoms with van der Waals surface area (Å²) in [6.07, 6.45) is 0. The van der Waals surface area contributed by atoms with Crippen LogP contribution in [0.15, 0.2) is 39.2 Å². The number of carboxylic acid groups (broad SMARTS) is 1. The first-order valence-electron chi connectivity index (χ1n) is 8.84. The van der Waals surface area contributed by atoms with Crippen molar-refractivity contribution in [3.63, 3.8) is 0 Å². The first-order valence-corrected chi connectivity index (χ1v) is 9.72. The smallest absolute Gasteiger partial charge is 0.346 e. The van der Waals surface area contributed by atoms with Crippen molar-refractivity contribution >= 4 is 28.2 Å². The van der Waals surface area contributed by atoms with Gasteiger partial charge in [-0.2, -0.15) is 0 Å². The molecule has 0 radical (unpaired) electrons. The van der Waals surface area contributed by atoms with Crippen molar-refractivity contribution in [1.82, 2.24) is 9.55 Å². The van der Waals surface area contributed by atoms with Crippen molar-refractivity contribution in [3.05, 3.63) is 90.0 Å². The molecular formula is C20H9F5N2O5S. The van der Waals surface area contributed by atoms with E-state index in [2.05, 4.69) is 4.98 Å². The number of aromatic carboxylic acids is 1. The molecule has 33 heavy (non-hydrogen) atoms. The first-order chi connectivity index (χ1) is 15.6. The normalized spacial score (nSPS) is 11.2. The van der Waals surface area contributed by atoms with E-state index in [1.54, 1.807) is 0 Å². The number of nitrogens with one attached hydrogen (secondary N) is 1. The van der Waals surface area contributed by atoms with E-state index in [9.17, 15) is 41.4 Å². The van der Waals surface area contributed by atoms with Crippen LogP contribution in [0, 0.1) is 29.1 Å². The molecule has 0 unspecified atom stereocenters. The highest BCUT2D eigenvalue weighted by Crippen LogP contribution is 2.25. The maximum atomic E-state index is 14.5. The predicted octanol–water partition coefficient (Wildman–Crippen LogP) is 3.71. The van der Waals surface area contributed by atoms with Crippen molar-refractivity contribution in [1.29, 1.82) is 0 Å². The van der Waals surface area contributed by atoms with Gasteiger partial charge in [0.1, 0.15) is 23.1 Å². The van der Waals surface area contributed by atoms with Gasteiger partial charge in [0.2, 0.25) is 0 Å². The number of hydrogen-bond donors (Lipinski definition) is 2. The maximum absolute atomic E-state index is 14.5. The van der Waals surface area contributed by atoms with Crippen LogP contribution in [0.4, 0.5) is 22.0 Å². The zero-order valence-corrected chi connectivity index (χ0v) is 16.7. The van der Waals surface area contributed by atoms with Crippen molar-refractivity contribution in [2.24, 2.45) is 0 Å². The molecule has 0 aliphatic heterocycles. The van der Waals surface area contributed by atoms with E-state index in [1.165, 1.54) is 5.38 Å². The van der Waals surface area contributed by atoms with Gasteiger partial charge in [-0.15, -0.1) is 11.3 Å². The number of H-pyrrole nitrogens is 1. The van der Waals surface area contributed by atoms with Crippen LogP contribution < -0.4 is 16.0 Å². The number of hydrogen-bond acceptors (Lipinski definition) is 5. The Balaban J connectivity index is 1.79. The highest BCUT2D eigenvalue weighted by molar-refractivity contribution is 7.13. The molecular weight excluding hydrogens is 475 g/mol. The average Bonchev–Trinajstić information content (AvgIpc) is 3.18. The van der Waals surface area contributed by atoms with E-state index in [-0.39, 0.29) is 27.6 Å². The number of aromatic amines is 1. The van der Waals surface area contributed by atoms with Crippen LogP contribution in [-0.4, -0.2) is 20.6 Å². The van der Waals surface area contributed by atoms with Crippen LogP contribution in [0.5, 0.6) is 5.75 Å². The number of carboxylic acids is 1. The quantitative estimate of drug-likeness (QED) is 0.332.